The molecule has 5 atom stereocenters. The summed E-state index contributed by atoms with van der Waals surface area (Å²) in [5.74, 6) is 0.189. The second-order valence-electron chi connectivity index (χ2n) is 5.76. The third-order valence-corrected chi connectivity index (χ3v) is 3.73. The van der Waals surface area contributed by atoms with Crippen molar-refractivity contribution in [3.05, 3.63) is 12.2 Å². The first-order valence-corrected chi connectivity index (χ1v) is 5.98. The lowest BCUT2D eigenvalue weighted by atomic mass is 9.62. The Morgan fingerprint density at radius 2 is 1.88 bits per heavy atom. The van der Waals surface area contributed by atoms with Gasteiger partial charge in [0.05, 0.1) is 18.3 Å². The highest BCUT2D eigenvalue weighted by Gasteiger charge is 2.44. The molecule has 0 aliphatic heterocycles. The highest BCUT2D eigenvalue weighted by atomic mass is 16.3. The van der Waals surface area contributed by atoms with Crippen LogP contribution in [0.4, 0.5) is 0 Å². The first kappa shape index (κ1) is 13.7. The molecule has 0 heterocycles. The van der Waals surface area contributed by atoms with Crippen molar-refractivity contribution in [1.29, 1.82) is 0 Å². The van der Waals surface area contributed by atoms with Crippen LogP contribution >= 0.6 is 0 Å². The fraction of sp³-hybridized carbons (Fsp3) is 0.846. The molecule has 1 saturated carbocycles. The van der Waals surface area contributed by atoms with Crippen LogP contribution in [0.25, 0.3) is 0 Å². The molecule has 0 aromatic rings. The third kappa shape index (κ3) is 2.84. The van der Waals surface area contributed by atoms with Gasteiger partial charge in [-0.15, -0.1) is 0 Å². The number of hydrogen-bond donors (Lipinski definition) is 3. The van der Waals surface area contributed by atoms with Gasteiger partial charge in [0.1, 0.15) is 0 Å². The number of allylic oxidation sites excluding steroid dienone is 1. The molecule has 3 heteroatoms. The van der Waals surface area contributed by atoms with E-state index in [1.807, 2.05) is 13.0 Å². The largest absolute Gasteiger partial charge is 0.390 e. The molecule has 0 amide bonds. The molecule has 0 spiro atoms. The van der Waals surface area contributed by atoms with Crippen molar-refractivity contribution in [3.8, 4) is 0 Å². The van der Waals surface area contributed by atoms with Crippen LogP contribution in [0.5, 0.6) is 0 Å². The van der Waals surface area contributed by atoms with Gasteiger partial charge < -0.3 is 15.3 Å². The van der Waals surface area contributed by atoms with Crippen LogP contribution < -0.4 is 0 Å². The number of aliphatic hydroxyl groups excluding tert-OH is 3. The topological polar surface area (TPSA) is 60.7 Å². The van der Waals surface area contributed by atoms with Crippen molar-refractivity contribution in [2.75, 3.05) is 0 Å². The SMILES string of the molecule is CC(O)/C=C/[C@H]1[C@H](C)[C@H](O)[C@@H](O)CC1(C)C. The van der Waals surface area contributed by atoms with Gasteiger partial charge in [-0.25, -0.2) is 0 Å². The molecule has 3 nitrogen and oxygen atoms in total. The number of hydrogen-bond acceptors (Lipinski definition) is 3. The van der Waals surface area contributed by atoms with Crippen molar-refractivity contribution in [2.24, 2.45) is 17.3 Å². The minimum absolute atomic E-state index is 0.00810. The molecule has 0 saturated heterocycles. The van der Waals surface area contributed by atoms with Gasteiger partial charge >= 0.3 is 0 Å². The molecular formula is C13H24O3. The maximum atomic E-state index is 9.87. The highest BCUT2D eigenvalue weighted by Crippen LogP contribution is 2.44. The van der Waals surface area contributed by atoms with E-state index in [4.69, 9.17) is 0 Å². The Morgan fingerprint density at radius 3 is 2.38 bits per heavy atom. The van der Waals surface area contributed by atoms with E-state index in [-0.39, 0.29) is 17.3 Å². The molecule has 0 bridgehead atoms. The normalized spacial score (nSPS) is 41.2. The molecule has 94 valence electrons. The van der Waals surface area contributed by atoms with E-state index in [2.05, 4.69) is 13.8 Å². The molecule has 3 N–H and O–H groups in total. The van der Waals surface area contributed by atoms with E-state index in [1.54, 1.807) is 13.0 Å². The van der Waals surface area contributed by atoms with Gasteiger partial charge in [0.15, 0.2) is 0 Å². The van der Waals surface area contributed by atoms with E-state index in [9.17, 15) is 15.3 Å². The van der Waals surface area contributed by atoms with Crippen LogP contribution in [0.15, 0.2) is 12.2 Å². The molecule has 16 heavy (non-hydrogen) atoms. The van der Waals surface area contributed by atoms with Crippen LogP contribution in [-0.2, 0) is 0 Å². The first-order valence-electron chi connectivity index (χ1n) is 5.98. The van der Waals surface area contributed by atoms with Gasteiger partial charge in [0.2, 0.25) is 0 Å². The zero-order chi connectivity index (χ0) is 12.5. The minimum atomic E-state index is -0.670. The van der Waals surface area contributed by atoms with Crippen molar-refractivity contribution >= 4 is 0 Å². The Hall–Kier alpha value is -0.380. The molecule has 0 aromatic heterocycles. The summed E-state index contributed by atoms with van der Waals surface area (Å²) in [6.45, 7) is 7.85. The Morgan fingerprint density at radius 1 is 1.31 bits per heavy atom. The van der Waals surface area contributed by atoms with Gasteiger partial charge in [-0.3, -0.25) is 0 Å². The van der Waals surface area contributed by atoms with Gasteiger partial charge in [0, 0.05) is 0 Å². The average Bonchev–Trinajstić information content (AvgIpc) is 2.12. The van der Waals surface area contributed by atoms with Crippen molar-refractivity contribution < 1.29 is 15.3 Å². The summed E-state index contributed by atoms with van der Waals surface area (Å²) >= 11 is 0. The summed E-state index contributed by atoms with van der Waals surface area (Å²) < 4.78 is 0. The van der Waals surface area contributed by atoms with Crippen molar-refractivity contribution in [3.63, 3.8) is 0 Å². The number of rotatable bonds is 2. The van der Waals surface area contributed by atoms with E-state index in [0.29, 0.717) is 6.42 Å². The van der Waals surface area contributed by atoms with Gasteiger partial charge in [-0.1, -0.05) is 32.9 Å². The van der Waals surface area contributed by atoms with Crippen molar-refractivity contribution in [1.82, 2.24) is 0 Å². The smallest absolute Gasteiger partial charge is 0.0830 e. The predicted octanol–water partition coefficient (Wildman–Crippen LogP) is 1.33. The molecule has 1 aliphatic rings. The van der Waals surface area contributed by atoms with Gasteiger partial charge in [0.25, 0.3) is 0 Å². The molecule has 1 aliphatic carbocycles. The zero-order valence-corrected chi connectivity index (χ0v) is 10.6. The maximum absolute atomic E-state index is 9.87. The lowest BCUT2D eigenvalue weighted by Crippen LogP contribution is -2.48. The van der Waals surface area contributed by atoms with Crippen LogP contribution in [0, 0.1) is 17.3 Å². The monoisotopic (exact) mass is 228 g/mol. The summed E-state index contributed by atoms with van der Waals surface area (Å²) in [7, 11) is 0. The van der Waals surface area contributed by atoms with Crippen molar-refractivity contribution in [2.45, 2.75) is 52.4 Å². The summed E-state index contributed by atoms with van der Waals surface area (Å²) in [6.07, 6.45) is 2.55. The highest BCUT2D eigenvalue weighted by molar-refractivity contribution is 5.05. The van der Waals surface area contributed by atoms with E-state index >= 15 is 0 Å². The molecule has 1 fully saturated rings. The predicted molar refractivity (Wildman–Crippen MR) is 63.9 cm³/mol. The molecule has 1 rings (SSSR count). The lowest BCUT2D eigenvalue weighted by Gasteiger charge is -2.46. The van der Waals surface area contributed by atoms with Crippen LogP contribution in [-0.4, -0.2) is 33.6 Å². The Balaban J connectivity index is 2.87. The standard InChI is InChI=1S/C13H24O3/c1-8(14)5-6-10-9(2)12(16)11(15)7-13(10,3)4/h5-6,8-12,14-16H,7H2,1-4H3/b6-5+/t8?,9-,10-,11-,12-/m0/s1. The minimum Gasteiger partial charge on any atom is -0.390 e. The fourth-order valence-corrected chi connectivity index (χ4v) is 2.79. The van der Waals surface area contributed by atoms with E-state index < -0.39 is 18.3 Å². The Labute approximate surface area is 97.8 Å². The maximum Gasteiger partial charge on any atom is 0.0830 e. The van der Waals surface area contributed by atoms with E-state index in [1.165, 1.54) is 0 Å². The summed E-state index contributed by atoms with van der Waals surface area (Å²) in [6, 6.07) is 0. The zero-order valence-electron chi connectivity index (χ0n) is 10.6. The van der Waals surface area contributed by atoms with Crippen LogP contribution in [0.1, 0.15) is 34.1 Å². The Bertz CT molecular complexity index is 258. The molecular weight excluding hydrogens is 204 g/mol. The molecule has 0 radical (unpaired) electrons. The molecule has 0 aromatic carbocycles. The summed E-state index contributed by atoms with van der Waals surface area (Å²) in [4.78, 5) is 0. The van der Waals surface area contributed by atoms with Crippen LogP contribution in [0.3, 0.4) is 0 Å². The summed E-state index contributed by atoms with van der Waals surface area (Å²) in [5.41, 5.74) is -0.0521. The first-order chi connectivity index (χ1) is 7.25. The summed E-state index contributed by atoms with van der Waals surface area (Å²) in [5, 5.41) is 28.9. The second kappa shape index (κ2) is 4.86. The molecule has 1 unspecified atom stereocenters. The van der Waals surface area contributed by atoms with Gasteiger partial charge in [-0.05, 0) is 30.6 Å². The average molecular weight is 228 g/mol. The third-order valence-electron chi connectivity index (χ3n) is 3.73. The number of aliphatic hydroxyl groups is 3. The lowest BCUT2D eigenvalue weighted by molar-refractivity contribution is -0.0970. The Kier molecular flexibility index (Phi) is 4.16. The van der Waals surface area contributed by atoms with E-state index in [0.717, 1.165) is 0 Å². The second-order valence-corrected chi connectivity index (χ2v) is 5.76. The quantitative estimate of drug-likeness (QED) is 0.625. The van der Waals surface area contributed by atoms with Gasteiger partial charge in [-0.2, -0.15) is 0 Å². The van der Waals surface area contributed by atoms with Crippen LogP contribution in [0.2, 0.25) is 0 Å². The fourth-order valence-electron chi connectivity index (χ4n) is 2.79.